The Morgan fingerprint density at radius 3 is 2.76 bits per heavy atom. The van der Waals surface area contributed by atoms with Crippen LogP contribution in [0.2, 0.25) is 0 Å². The van der Waals surface area contributed by atoms with Crippen molar-refractivity contribution in [1.82, 2.24) is 5.32 Å². The molecule has 0 radical (unpaired) electrons. The Bertz CT molecular complexity index is 379. The van der Waals surface area contributed by atoms with Gasteiger partial charge in [0.1, 0.15) is 5.82 Å². The van der Waals surface area contributed by atoms with E-state index < -0.39 is 11.8 Å². The van der Waals surface area contributed by atoms with Gasteiger partial charge in [0, 0.05) is 18.9 Å². The maximum Gasteiger partial charge on any atom is 0.252 e. The van der Waals surface area contributed by atoms with Crippen molar-refractivity contribution in [1.29, 1.82) is 0 Å². The van der Waals surface area contributed by atoms with E-state index in [0.29, 0.717) is 25.1 Å². The molecular formula is C13H16F3N. The Balaban J connectivity index is 2.13. The standard InChI is InChI=1S/C13H16F3N/c14-12-4-2-1-3-10(12)9-11-5-7-17-8-6-13(11,15)16/h1-4,11,17H,5-9H2. The van der Waals surface area contributed by atoms with Crippen LogP contribution in [0.4, 0.5) is 13.2 Å². The highest BCUT2D eigenvalue weighted by Crippen LogP contribution is 2.34. The fourth-order valence-corrected chi connectivity index (χ4v) is 2.25. The molecule has 1 aliphatic rings. The third-order valence-electron chi connectivity index (χ3n) is 3.33. The van der Waals surface area contributed by atoms with Crippen LogP contribution in [0.3, 0.4) is 0 Å². The third-order valence-corrected chi connectivity index (χ3v) is 3.33. The maximum atomic E-state index is 13.8. The molecule has 0 saturated carbocycles. The Labute approximate surface area is 99.0 Å². The highest BCUT2D eigenvalue weighted by molar-refractivity contribution is 5.18. The lowest BCUT2D eigenvalue weighted by Crippen LogP contribution is -2.30. The molecule has 0 bridgehead atoms. The largest absolute Gasteiger partial charge is 0.316 e. The van der Waals surface area contributed by atoms with Gasteiger partial charge in [-0.1, -0.05) is 18.2 Å². The highest BCUT2D eigenvalue weighted by atomic mass is 19.3. The third kappa shape index (κ3) is 3.00. The second-order valence-electron chi connectivity index (χ2n) is 4.54. The summed E-state index contributed by atoms with van der Waals surface area (Å²) in [6, 6.07) is 6.17. The second kappa shape index (κ2) is 5.08. The minimum Gasteiger partial charge on any atom is -0.316 e. The summed E-state index contributed by atoms with van der Waals surface area (Å²) >= 11 is 0. The van der Waals surface area contributed by atoms with E-state index in [1.54, 1.807) is 18.2 Å². The average molecular weight is 243 g/mol. The summed E-state index contributed by atoms with van der Waals surface area (Å²) in [4.78, 5) is 0. The number of alkyl halides is 2. The predicted molar refractivity (Wildman–Crippen MR) is 60.6 cm³/mol. The van der Waals surface area contributed by atoms with Crippen LogP contribution in [0.5, 0.6) is 0 Å². The van der Waals surface area contributed by atoms with E-state index in [4.69, 9.17) is 0 Å². The van der Waals surface area contributed by atoms with Crippen molar-refractivity contribution in [2.45, 2.75) is 25.2 Å². The molecule has 4 heteroatoms. The fraction of sp³-hybridized carbons (Fsp3) is 0.538. The number of hydrogen-bond acceptors (Lipinski definition) is 1. The highest BCUT2D eigenvalue weighted by Gasteiger charge is 2.40. The van der Waals surface area contributed by atoms with Gasteiger partial charge in [0.15, 0.2) is 0 Å². The van der Waals surface area contributed by atoms with E-state index in [-0.39, 0.29) is 18.7 Å². The van der Waals surface area contributed by atoms with Crippen LogP contribution >= 0.6 is 0 Å². The molecular weight excluding hydrogens is 227 g/mol. The van der Waals surface area contributed by atoms with Gasteiger partial charge in [-0.15, -0.1) is 0 Å². The van der Waals surface area contributed by atoms with Crippen LogP contribution in [-0.2, 0) is 6.42 Å². The summed E-state index contributed by atoms with van der Waals surface area (Å²) in [5.74, 6) is -3.86. The van der Waals surface area contributed by atoms with E-state index in [2.05, 4.69) is 5.32 Å². The molecule has 1 atom stereocenters. The van der Waals surface area contributed by atoms with Crippen molar-refractivity contribution in [2.24, 2.45) is 5.92 Å². The number of hydrogen-bond donors (Lipinski definition) is 1. The van der Waals surface area contributed by atoms with Crippen LogP contribution in [0.15, 0.2) is 24.3 Å². The van der Waals surface area contributed by atoms with E-state index in [1.807, 2.05) is 0 Å². The molecule has 1 aromatic rings. The smallest absolute Gasteiger partial charge is 0.252 e. The molecule has 0 spiro atoms. The zero-order valence-corrected chi connectivity index (χ0v) is 9.56. The van der Waals surface area contributed by atoms with Gasteiger partial charge in [0.25, 0.3) is 5.92 Å². The Kier molecular flexibility index (Phi) is 3.72. The summed E-state index contributed by atoms with van der Waals surface area (Å²) in [6.45, 7) is 0.912. The number of nitrogens with one attached hydrogen (secondary N) is 1. The second-order valence-corrected chi connectivity index (χ2v) is 4.54. The van der Waals surface area contributed by atoms with E-state index >= 15 is 0 Å². The van der Waals surface area contributed by atoms with Crippen LogP contribution in [0.25, 0.3) is 0 Å². The van der Waals surface area contributed by atoms with Gasteiger partial charge in [-0.2, -0.15) is 0 Å². The first kappa shape index (κ1) is 12.4. The summed E-state index contributed by atoms with van der Waals surface area (Å²) in [6.07, 6.45) is 0.342. The van der Waals surface area contributed by atoms with Crippen LogP contribution in [0.1, 0.15) is 18.4 Å². The first-order valence-electron chi connectivity index (χ1n) is 5.91. The molecule has 0 aromatic heterocycles. The van der Waals surface area contributed by atoms with Gasteiger partial charge >= 0.3 is 0 Å². The molecule has 1 aliphatic heterocycles. The monoisotopic (exact) mass is 243 g/mol. The van der Waals surface area contributed by atoms with Crippen molar-refractivity contribution in [3.05, 3.63) is 35.6 Å². The molecule has 94 valence electrons. The maximum absolute atomic E-state index is 13.8. The summed E-state index contributed by atoms with van der Waals surface area (Å²) in [7, 11) is 0. The SMILES string of the molecule is Fc1ccccc1CC1CCNCCC1(F)F. The number of halogens is 3. The first-order chi connectivity index (χ1) is 8.09. The zero-order chi connectivity index (χ0) is 12.3. The molecule has 1 nitrogen and oxygen atoms in total. The van der Waals surface area contributed by atoms with Gasteiger partial charge < -0.3 is 5.32 Å². The van der Waals surface area contributed by atoms with Crippen molar-refractivity contribution < 1.29 is 13.2 Å². The fourth-order valence-electron chi connectivity index (χ4n) is 2.25. The molecule has 1 N–H and O–H groups in total. The van der Waals surface area contributed by atoms with Gasteiger partial charge in [0.2, 0.25) is 0 Å². The average Bonchev–Trinajstić information content (AvgIpc) is 2.44. The molecule has 0 amide bonds. The van der Waals surface area contributed by atoms with Crippen molar-refractivity contribution in [3.63, 3.8) is 0 Å². The molecule has 1 aromatic carbocycles. The molecule has 17 heavy (non-hydrogen) atoms. The van der Waals surface area contributed by atoms with Gasteiger partial charge in [-0.25, -0.2) is 13.2 Å². The quantitative estimate of drug-likeness (QED) is 0.842. The molecule has 1 unspecified atom stereocenters. The Hall–Kier alpha value is -1.03. The van der Waals surface area contributed by atoms with E-state index in [0.717, 1.165) is 0 Å². The van der Waals surface area contributed by atoms with E-state index in [9.17, 15) is 13.2 Å². The van der Waals surface area contributed by atoms with Crippen LogP contribution < -0.4 is 5.32 Å². The van der Waals surface area contributed by atoms with Crippen LogP contribution in [0, 0.1) is 11.7 Å². The zero-order valence-electron chi connectivity index (χ0n) is 9.56. The van der Waals surface area contributed by atoms with Crippen molar-refractivity contribution in [2.75, 3.05) is 13.1 Å². The normalized spacial score (nSPS) is 24.3. The summed E-state index contributed by atoms with van der Waals surface area (Å²) in [5, 5.41) is 2.96. The van der Waals surface area contributed by atoms with Crippen molar-refractivity contribution in [3.8, 4) is 0 Å². The number of rotatable bonds is 2. The van der Waals surface area contributed by atoms with Gasteiger partial charge in [0.05, 0.1) is 0 Å². The minimum atomic E-state index is -2.70. The first-order valence-corrected chi connectivity index (χ1v) is 5.91. The predicted octanol–water partition coefficient (Wildman–Crippen LogP) is 3.00. The minimum absolute atomic E-state index is 0.112. The number of benzene rings is 1. The molecule has 1 fully saturated rings. The molecule has 1 heterocycles. The van der Waals surface area contributed by atoms with Crippen LogP contribution in [-0.4, -0.2) is 19.0 Å². The summed E-state index contributed by atoms with van der Waals surface area (Å²) < 4.78 is 41.0. The Morgan fingerprint density at radius 2 is 2.00 bits per heavy atom. The molecule has 2 rings (SSSR count). The Morgan fingerprint density at radius 1 is 1.24 bits per heavy atom. The lowest BCUT2D eigenvalue weighted by Gasteiger charge is -2.24. The lowest BCUT2D eigenvalue weighted by molar-refractivity contribution is -0.0603. The molecule has 0 aliphatic carbocycles. The van der Waals surface area contributed by atoms with E-state index in [1.165, 1.54) is 6.07 Å². The lowest BCUT2D eigenvalue weighted by atomic mass is 9.89. The molecule has 1 saturated heterocycles. The van der Waals surface area contributed by atoms with Gasteiger partial charge in [-0.3, -0.25) is 0 Å². The topological polar surface area (TPSA) is 12.0 Å². The summed E-state index contributed by atoms with van der Waals surface area (Å²) in [5.41, 5.74) is 0.388. The van der Waals surface area contributed by atoms with Gasteiger partial charge in [-0.05, 0) is 31.0 Å². The van der Waals surface area contributed by atoms with Crippen molar-refractivity contribution >= 4 is 0 Å².